The third kappa shape index (κ3) is 2.45. The molecule has 0 aromatic heterocycles. The Bertz CT molecular complexity index is 455. The van der Waals surface area contributed by atoms with Gasteiger partial charge in [-0.1, -0.05) is 23.2 Å². The van der Waals surface area contributed by atoms with Crippen LogP contribution in [0.25, 0.3) is 0 Å². The molecule has 0 radical (unpaired) electrons. The lowest BCUT2D eigenvalue weighted by Gasteiger charge is -2.05. The molecule has 0 saturated carbocycles. The van der Waals surface area contributed by atoms with Gasteiger partial charge in [-0.3, -0.25) is 0 Å². The van der Waals surface area contributed by atoms with E-state index in [2.05, 4.69) is 0 Å². The van der Waals surface area contributed by atoms with Crippen molar-refractivity contribution in [1.29, 1.82) is 0 Å². The fraction of sp³-hybridized carbons (Fsp3) is 0.143. The van der Waals surface area contributed by atoms with Crippen molar-refractivity contribution in [2.45, 2.75) is 4.90 Å². The van der Waals surface area contributed by atoms with Crippen LogP contribution in [0, 0.1) is 0 Å². The number of hydrogen-bond acceptors (Lipinski definition) is 3. The Labute approximate surface area is 95.9 Å². The van der Waals surface area contributed by atoms with Crippen LogP contribution in [0.5, 0.6) is 5.75 Å². The van der Waals surface area contributed by atoms with Gasteiger partial charge in [0, 0.05) is 16.7 Å². The Morgan fingerprint density at radius 1 is 1.21 bits per heavy atom. The summed E-state index contributed by atoms with van der Waals surface area (Å²) in [7, 11) is 2.63. The van der Waals surface area contributed by atoms with E-state index in [4.69, 9.17) is 38.6 Å². The predicted octanol–water partition coefficient (Wildman–Crippen LogP) is 2.93. The standard InChI is InChI=1S/C7H5Cl3O3S/c1-13-6-2-5(9)7(3-4(6)8)14(10,11)12/h2-3H,1H3. The summed E-state index contributed by atoms with van der Waals surface area (Å²) in [5.41, 5.74) is 0. The van der Waals surface area contributed by atoms with Crippen LogP contribution in [0.2, 0.25) is 10.0 Å². The maximum atomic E-state index is 11.0. The second-order valence-corrected chi connectivity index (χ2v) is 5.70. The number of benzene rings is 1. The molecular weight excluding hydrogens is 270 g/mol. The Hall–Kier alpha value is -0.160. The summed E-state index contributed by atoms with van der Waals surface area (Å²) in [5.74, 6) is 0.292. The topological polar surface area (TPSA) is 43.4 Å². The van der Waals surface area contributed by atoms with Crippen molar-refractivity contribution in [3.05, 3.63) is 22.2 Å². The van der Waals surface area contributed by atoms with Gasteiger partial charge in [-0.15, -0.1) is 0 Å². The molecule has 0 spiro atoms. The lowest BCUT2D eigenvalue weighted by Crippen LogP contribution is -1.93. The molecule has 78 valence electrons. The summed E-state index contributed by atoms with van der Waals surface area (Å²) in [4.78, 5) is -0.230. The molecule has 0 saturated heterocycles. The predicted molar refractivity (Wildman–Crippen MR) is 56.1 cm³/mol. The second-order valence-electron chi connectivity index (χ2n) is 2.36. The van der Waals surface area contributed by atoms with E-state index in [1.165, 1.54) is 13.2 Å². The molecule has 0 fully saturated rings. The molecule has 14 heavy (non-hydrogen) atoms. The summed E-state index contributed by atoms with van der Waals surface area (Å²) >= 11 is 11.4. The van der Waals surface area contributed by atoms with Crippen LogP contribution in [0.3, 0.4) is 0 Å². The van der Waals surface area contributed by atoms with Crippen LogP contribution < -0.4 is 4.74 Å². The van der Waals surface area contributed by atoms with Crippen LogP contribution in [0.15, 0.2) is 17.0 Å². The van der Waals surface area contributed by atoms with Crippen molar-refractivity contribution < 1.29 is 13.2 Å². The monoisotopic (exact) mass is 274 g/mol. The molecule has 0 bridgehead atoms. The Kier molecular flexibility index (Phi) is 3.53. The lowest BCUT2D eigenvalue weighted by molar-refractivity contribution is 0.414. The maximum absolute atomic E-state index is 11.0. The van der Waals surface area contributed by atoms with Gasteiger partial charge in [0.2, 0.25) is 0 Å². The molecule has 1 rings (SSSR count). The summed E-state index contributed by atoms with van der Waals surface area (Å²) in [5, 5.41) is 0.109. The van der Waals surface area contributed by atoms with Crippen molar-refractivity contribution in [2.24, 2.45) is 0 Å². The first-order valence-electron chi connectivity index (χ1n) is 3.34. The second kappa shape index (κ2) is 4.14. The van der Waals surface area contributed by atoms with Crippen LogP contribution in [-0.2, 0) is 9.05 Å². The van der Waals surface area contributed by atoms with E-state index in [-0.39, 0.29) is 14.9 Å². The van der Waals surface area contributed by atoms with E-state index in [1.54, 1.807) is 0 Å². The molecule has 0 aliphatic heterocycles. The first-order valence-corrected chi connectivity index (χ1v) is 6.40. The molecule has 0 aliphatic carbocycles. The molecule has 0 atom stereocenters. The highest BCUT2D eigenvalue weighted by atomic mass is 35.7. The van der Waals surface area contributed by atoms with Crippen molar-refractivity contribution in [2.75, 3.05) is 7.11 Å². The van der Waals surface area contributed by atoms with E-state index in [1.807, 2.05) is 0 Å². The maximum Gasteiger partial charge on any atom is 0.262 e. The Balaban J connectivity index is 3.44. The van der Waals surface area contributed by atoms with Crippen molar-refractivity contribution in [3.63, 3.8) is 0 Å². The first kappa shape index (κ1) is 11.9. The summed E-state index contributed by atoms with van der Waals surface area (Å²) in [6, 6.07) is 2.43. The zero-order valence-electron chi connectivity index (χ0n) is 6.92. The smallest absolute Gasteiger partial charge is 0.262 e. The Morgan fingerprint density at radius 2 is 1.79 bits per heavy atom. The van der Waals surface area contributed by atoms with Gasteiger partial charge in [-0.2, -0.15) is 0 Å². The van der Waals surface area contributed by atoms with Gasteiger partial charge in [0.25, 0.3) is 9.05 Å². The average Bonchev–Trinajstić information content (AvgIpc) is 2.06. The normalized spacial score (nSPS) is 11.4. The minimum atomic E-state index is -3.88. The van der Waals surface area contributed by atoms with E-state index in [0.29, 0.717) is 5.75 Å². The number of methoxy groups -OCH3 is 1. The minimum Gasteiger partial charge on any atom is -0.495 e. The van der Waals surface area contributed by atoms with Gasteiger partial charge >= 0.3 is 0 Å². The summed E-state index contributed by atoms with van der Waals surface area (Å²) in [6.45, 7) is 0. The van der Waals surface area contributed by atoms with Gasteiger partial charge in [-0.05, 0) is 6.07 Å². The zero-order valence-corrected chi connectivity index (χ0v) is 10.0. The summed E-state index contributed by atoms with van der Waals surface area (Å²) < 4.78 is 26.8. The van der Waals surface area contributed by atoms with Crippen LogP contribution in [0.1, 0.15) is 0 Å². The van der Waals surface area contributed by atoms with Crippen LogP contribution in [-0.4, -0.2) is 15.5 Å². The molecule has 1 aromatic carbocycles. The quantitative estimate of drug-likeness (QED) is 0.780. The molecular formula is C7H5Cl3O3S. The van der Waals surface area contributed by atoms with Crippen molar-refractivity contribution >= 4 is 42.9 Å². The number of ether oxygens (including phenoxy) is 1. The van der Waals surface area contributed by atoms with Gasteiger partial charge in [0.05, 0.1) is 17.2 Å². The SMILES string of the molecule is COc1cc(Cl)c(S(=O)(=O)Cl)cc1Cl. The number of rotatable bonds is 2. The van der Waals surface area contributed by atoms with Gasteiger partial charge < -0.3 is 4.74 Å². The van der Waals surface area contributed by atoms with Gasteiger partial charge in [-0.25, -0.2) is 8.42 Å². The molecule has 7 heteroatoms. The van der Waals surface area contributed by atoms with Crippen LogP contribution >= 0.6 is 33.9 Å². The lowest BCUT2D eigenvalue weighted by atomic mass is 10.3. The fourth-order valence-corrected chi connectivity index (χ4v) is 2.67. The third-order valence-corrected chi connectivity index (χ3v) is 3.55. The first-order chi connectivity index (χ1) is 6.36. The largest absolute Gasteiger partial charge is 0.495 e. The highest BCUT2D eigenvalue weighted by Crippen LogP contribution is 2.34. The highest BCUT2D eigenvalue weighted by Gasteiger charge is 2.17. The van der Waals surface area contributed by atoms with Crippen molar-refractivity contribution in [1.82, 2.24) is 0 Å². The van der Waals surface area contributed by atoms with Crippen LogP contribution in [0.4, 0.5) is 0 Å². The Morgan fingerprint density at radius 3 is 2.21 bits per heavy atom. The average molecular weight is 276 g/mol. The molecule has 1 aromatic rings. The van der Waals surface area contributed by atoms with E-state index in [9.17, 15) is 8.42 Å². The fourth-order valence-electron chi connectivity index (χ4n) is 0.854. The summed E-state index contributed by atoms with van der Waals surface area (Å²) in [6.07, 6.45) is 0. The number of halogens is 3. The third-order valence-electron chi connectivity index (χ3n) is 1.47. The molecule has 3 nitrogen and oxygen atoms in total. The van der Waals surface area contributed by atoms with E-state index >= 15 is 0 Å². The van der Waals surface area contributed by atoms with E-state index < -0.39 is 9.05 Å². The molecule has 0 amide bonds. The minimum absolute atomic E-state index is 0.0266. The molecule has 0 N–H and O–H groups in total. The molecule has 0 aliphatic rings. The zero-order chi connectivity index (χ0) is 10.9. The van der Waals surface area contributed by atoms with Gasteiger partial charge in [0.15, 0.2) is 0 Å². The number of hydrogen-bond donors (Lipinski definition) is 0. The molecule has 0 heterocycles. The van der Waals surface area contributed by atoms with Crippen molar-refractivity contribution in [3.8, 4) is 5.75 Å². The van der Waals surface area contributed by atoms with E-state index in [0.717, 1.165) is 6.07 Å². The molecule has 0 unspecified atom stereocenters. The van der Waals surface area contributed by atoms with Gasteiger partial charge in [0.1, 0.15) is 10.6 Å². The highest BCUT2D eigenvalue weighted by molar-refractivity contribution is 8.13.